The molecule has 0 amide bonds. The molecule has 112 valence electrons. The topological polar surface area (TPSA) is 83.9 Å². The predicted molar refractivity (Wildman–Crippen MR) is 65.3 cm³/mol. The van der Waals surface area contributed by atoms with Crippen molar-refractivity contribution in [2.45, 2.75) is 11.3 Å². The minimum Gasteiger partial charge on any atom is -0.507 e. The highest BCUT2D eigenvalue weighted by atomic mass is 32.2. The molecule has 0 bridgehead atoms. The zero-order chi connectivity index (χ0) is 15.5. The van der Waals surface area contributed by atoms with Gasteiger partial charge in [-0.3, -0.25) is 0 Å². The van der Waals surface area contributed by atoms with Crippen molar-refractivity contribution in [2.24, 2.45) is 0 Å². The van der Waals surface area contributed by atoms with E-state index in [2.05, 4.69) is 4.74 Å². The zero-order valence-electron chi connectivity index (χ0n) is 10.7. The molecule has 20 heavy (non-hydrogen) atoms. The summed E-state index contributed by atoms with van der Waals surface area (Å²) in [5.41, 5.74) is -0.362. The molecule has 0 heterocycles. The summed E-state index contributed by atoms with van der Waals surface area (Å²) in [4.78, 5) is 11.0. The van der Waals surface area contributed by atoms with Crippen LogP contribution < -0.4 is 0 Å². The molecule has 1 rings (SSSR count). The van der Waals surface area contributed by atoms with E-state index in [9.17, 15) is 27.1 Å². The third-order valence-corrected chi connectivity index (χ3v) is 4.30. The quantitative estimate of drug-likeness (QED) is 0.822. The molecule has 0 aliphatic heterocycles. The van der Waals surface area contributed by atoms with Gasteiger partial charge in [-0.15, -0.1) is 0 Å². The standard InChI is InChI=1S/C11H13F2NO5S/c1-14(6-10(12)13)20(17,18)7-3-4-9(15)8(5-7)11(16)19-2/h3-5,10,15H,6H2,1-2H3. The number of halogens is 2. The lowest BCUT2D eigenvalue weighted by Crippen LogP contribution is -2.31. The van der Waals surface area contributed by atoms with Gasteiger partial charge in [-0.2, -0.15) is 4.31 Å². The van der Waals surface area contributed by atoms with Crippen molar-refractivity contribution in [3.05, 3.63) is 23.8 Å². The largest absolute Gasteiger partial charge is 0.507 e. The van der Waals surface area contributed by atoms with Gasteiger partial charge in [0.15, 0.2) is 0 Å². The second kappa shape index (κ2) is 6.14. The molecule has 9 heteroatoms. The molecule has 0 unspecified atom stereocenters. The Labute approximate surface area is 114 Å². The maximum atomic E-state index is 12.2. The number of phenols is 1. The first-order valence-electron chi connectivity index (χ1n) is 5.36. The van der Waals surface area contributed by atoms with Gasteiger partial charge in [0.1, 0.15) is 11.3 Å². The molecule has 0 atom stereocenters. The molecule has 0 saturated carbocycles. The molecular formula is C11H13F2NO5S. The summed E-state index contributed by atoms with van der Waals surface area (Å²) in [5.74, 6) is -1.40. The van der Waals surface area contributed by atoms with E-state index >= 15 is 0 Å². The van der Waals surface area contributed by atoms with Gasteiger partial charge in [0, 0.05) is 7.05 Å². The number of sulfonamides is 1. The van der Waals surface area contributed by atoms with Crippen molar-refractivity contribution < 1.29 is 31.8 Å². The number of hydrogen-bond acceptors (Lipinski definition) is 5. The van der Waals surface area contributed by atoms with E-state index in [-0.39, 0.29) is 10.5 Å². The maximum Gasteiger partial charge on any atom is 0.341 e. The van der Waals surface area contributed by atoms with Crippen molar-refractivity contribution in [2.75, 3.05) is 20.7 Å². The van der Waals surface area contributed by atoms with Crippen LogP contribution in [0.3, 0.4) is 0 Å². The van der Waals surface area contributed by atoms with Crippen LogP contribution in [0.1, 0.15) is 10.4 Å². The molecule has 0 spiro atoms. The minimum absolute atomic E-state index is 0.362. The summed E-state index contributed by atoms with van der Waals surface area (Å²) >= 11 is 0. The Morgan fingerprint density at radius 1 is 1.45 bits per heavy atom. The number of carbonyl (C=O) groups excluding carboxylic acids is 1. The normalized spacial score (nSPS) is 11.9. The summed E-state index contributed by atoms with van der Waals surface area (Å²) < 4.78 is 53.3. The fourth-order valence-electron chi connectivity index (χ4n) is 1.42. The van der Waals surface area contributed by atoms with Crippen LogP contribution in [0.4, 0.5) is 8.78 Å². The van der Waals surface area contributed by atoms with Crippen LogP contribution in [0.2, 0.25) is 0 Å². The molecule has 0 aliphatic carbocycles. The first kappa shape index (κ1) is 16.3. The molecule has 0 fully saturated rings. The molecule has 1 aromatic carbocycles. The summed E-state index contributed by atoms with van der Waals surface area (Å²) in [6, 6.07) is 2.87. The van der Waals surface area contributed by atoms with Gasteiger partial charge in [0.2, 0.25) is 10.0 Å². The van der Waals surface area contributed by atoms with E-state index in [0.717, 1.165) is 32.4 Å². The van der Waals surface area contributed by atoms with Crippen LogP contribution in [0.5, 0.6) is 5.75 Å². The molecule has 0 radical (unpaired) electrons. The fraction of sp³-hybridized carbons (Fsp3) is 0.364. The Hall–Kier alpha value is -1.74. The van der Waals surface area contributed by atoms with Crippen molar-refractivity contribution in [3.63, 3.8) is 0 Å². The van der Waals surface area contributed by atoms with E-state index in [4.69, 9.17) is 0 Å². The van der Waals surface area contributed by atoms with E-state index in [0.29, 0.717) is 4.31 Å². The number of hydrogen-bond donors (Lipinski definition) is 1. The van der Waals surface area contributed by atoms with Gasteiger partial charge in [-0.05, 0) is 18.2 Å². The van der Waals surface area contributed by atoms with E-state index in [1.54, 1.807) is 0 Å². The van der Waals surface area contributed by atoms with Crippen molar-refractivity contribution in [1.82, 2.24) is 4.31 Å². The van der Waals surface area contributed by atoms with Crippen LogP contribution in [-0.2, 0) is 14.8 Å². The number of carbonyl (C=O) groups is 1. The van der Waals surface area contributed by atoms with Crippen molar-refractivity contribution in [1.29, 1.82) is 0 Å². The lowest BCUT2D eigenvalue weighted by molar-refractivity contribution is 0.0597. The number of aromatic hydroxyl groups is 1. The summed E-state index contributed by atoms with van der Waals surface area (Å²) in [6.07, 6.45) is -2.83. The predicted octanol–water partition coefficient (Wildman–Crippen LogP) is 1.06. The SMILES string of the molecule is COC(=O)c1cc(S(=O)(=O)N(C)CC(F)F)ccc1O. The lowest BCUT2D eigenvalue weighted by atomic mass is 10.2. The highest BCUT2D eigenvalue weighted by molar-refractivity contribution is 7.89. The number of benzene rings is 1. The number of rotatable bonds is 5. The van der Waals surface area contributed by atoms with Crippen molar-refractivity contribution in [3.8, 4) is 5.75 Å². The zero-order valence-corrected chi connectivity index (χ0v) is 11.5. The van der Waals surface area contributed by atoms with Crippen molar-refractivity contribution >= 4 is 16.0 Å². The molecule has 0 saturated heterocycles. The maximum absolute atomic E-state index is 12.2. The number of methoxy groups -OCH3 is 1. The highest BCUT2D eigenvalue weighted by Crippen LogP contribution is 2.24. The van der Waals surface area contributed by atoms with Gasteiger partial charge in [0.05, 0.1) is 18.6 Å². The van der Waals surface area contributed by atoms with Gasteiger partial charge < -0.3 is 9.84 Å². The van der Waals surface area contributed by atoms with Gasteiger partial charge in [-0.1, -0.05) is 0 Å². The monoisotopic (exact) mass is 309 g/mol. The van der Waals surface area contributed by atoms with Crippen LogP contribution in [0, 0.1) is 0 Å². The Morgan fingerprint density at radius 3 is 2.55 bits per heavy atom. The average molecular weight is 309 g/mol. The number of ether oxygens (including phenoxy) is 1. The van der Waals surface area contributed by atoms with E-state index < -0.39 is 34.7 Å². The molecule has 1 aromatic rings. The Balaban J connectivity index is 3.23. The Kier molecular flexibility index (Phi) is 5.01. The highest BCUT2D eigenvalue weighted by Gasteiger charge is 2.25. The van der Waals surface area contributed by atoms with Crippen LogP contribution in [0.15, 0.2) is 23.1 Å². The smallest absolute Gasteiger partial charge is 0.341 e. The number of phenolic OH excluding ortho intramolecular Hbond substituents is 1. The molecular weight excluding hydrogens is 296 g/mol. The summed E-state index contributed by atoms with van der Waals surface area (Å²) in [6.45, 7) is -0.975. The second-order valence-corrected chi connectivity index (χ2v) is 5.89. The van der Waals surface area contributed by atoms with Crippen LogP contribution in [0.25, 0.3) is 0 Å². The molecule has 0 aliphatic rings. The lowest BCUT2D eigenvalue weighted by Gasteiger charge is -2.17. The van der Waals surface area contributed by atoms with E-state index in [1.807, 2.05) is 0 Å². The Morgan fingerprint density at radius 2 is 2.05 bits per heavy atom. The summed E-state index contributed by atoms with van der Waals surface area (Å²) in [5, 5.41) is 9.46. The third kappa shape index (κ3) is 3.42. The molecule has 0 aromatic heterocycles. The number of esters is 1. The summed E-state index contributed by atoms with van der Waals surface area (Å²) in [7, 11) is -2.13. The third-order valence-electron chi connectivity index (χ3n) is 2.48. The van der Waals surface area contributed by atoms with Crippen LogP contribution in [-0.4, -0.2) is 50.9 Å². The first-order chi connectivity index (χ1) is 9.20. The van der Waals surface area contributed by atoms with E-state index in [1.165, 1.54) is 0 Å². The Bertz CT molecular complexity index is 603. The first-order valence-corrected chi connectivity index (χ1v) is 6.80. The van der Waals surface area contributed by atoms with Crippen LogP contribution >= 0.6 is 0 Å². The molecule has 6 nitrogen and oxygen atoms in total. The fourth-order valence-corrected chi connectivity index (χ4v) is 2.60. The number of alkyl halides is 2. The number of nitrogens with zero attached hydrogens (tertiary/aromatic N) is 1. The average Bonchev–Trinajstić information content (AvgIpc) is 2.37. The minimum atomic E-state index is -4.18. The molecule has 1 N–H and O–H groups in total. The second-order valence-electron chi connectivity index (χ2n) is 3.85. The van der Waals surface area contributed by atoms with Gasteiger partial charge >= 0.3 is 5.97 Å². The van der Waals surface area contributed by atoms with Gasteiger partial charge in [0.25, 0.3) is 6.43 Å². The van der Waals surface area contributed by atoms with Gasteiger partial charge in [-0.25, -0.2) is 22.0 Å².